The van der Waals surface area contributed by atoms with E-state index in [1.165, 1.54) is 18.3 Å². The predicted molar refractivity (Wildman–Crippen MR) is 73.0 cm³/mol. The van der Waals surface area contributed by atoms with E-state index in [1.807, 2.05) is 0 Å². The Kier molecular flexibility index (Phi) is 3.74. The molecule has 2 aliphatic carbocycles. The van der Waals surface area contributed by atoms with Gasteiger partial charge in [-0.25, -0.2) is 4.79 Å². The van der Waals surface area contributed by atoms with Gasteiger partial charge in [-0.15, -0.1) is 0 Å². The highest BCUT2D eigenvalue weighted by Crippen LogP contribution is 2.44. The van der Waals surface area contributed by atoms with Crippen LogP contribution in [0.15, 0.2) is 35.5 Å². The van der Waals surface area contributed by atoms with Gasteiger partial charge in [-0.3, -0.25) is 0 Å². The Hall–Kier alpha value is -1.31. The number of rotatable bonds is 2. The second-order valence-corrected chi connectivity index (χ2v) is 5.53. The summed E-state index contributed by atoms with van der Waals surface area (Å²) in [4.78, 5) is 11.6. The number of hydrogen-bond acceptors (Lipinski definition) is 2. The minimum Gasteiger partial charge on any atom is -0.466 e. The molecule has 0 N–H and O–H groups in total. The maximum atomic E-state index is 11.6. The van der Waals surface area contributed by atoms with Crippen molar-refractivity contribution in [3.05, 3.63) is 35.5 Å². The number of fused-ring (bicyclic) bond motifs is 1. The van der Waals surface area contributed by atoms with E-state index in [1.54, 1.807) is 0 Å². The molecule has 0 spiro atoms. The Labute approximate surface area is 109 Å². The van der Waals surface area contributed by atoms with Crippen LogP contribution >= 0.6 is 0 Å². The van der Waals surface area contributed by atoms with Crippen molar-refractivity contribution in [2.24, 2.45) is 17.8 Å². The Morgan fingerprint density at radius 1 is 1.22 bits per heavy atom. The summed E-state index contributed by atoms with van der Waals surface area (Å²) in [5.41, 5.74) is 3.56. The lowest BCUT2D eigenvalue weighted by Gasteiger charge is -2.24. The zero-order chi connectivity index (χ0) is 13.3. The fraction of sp³-hybridized carbons (Fsp3) is 0.562. The van der Waals surface area contributed by atoms with Crippen LogP contribution in [0.25, 0.3) is 0 Å². The number of esters is 1. The van der Waals surface area contributed by atoms with Crippen molar-refractivity contribution in [1.82, 2.24) is 0 Å². The lowest BCUT2D eigenvalue weighted by molar-refractivity contribution is -0.136. The summed E-state index contributed by atoms with van der Waals surface area (Å²) in [6.07, 6.45) is 7.72. The van der Waals surface area contributed by atoms with Crippen LogP contribution in [0, 0.1) is 17.8 Å². The monoisotopic (exact) mass is 246 g/mol. The first kappa shape index (κ1) is 13.1. The summed E-state index contributed by atoms with van der Waals surface area (Å²) < 4.78 is 4.80. The van der Waals surface area contributed by atoms with E-state index in [4.69, 9.17) is 4.74 Å². The molecule has 18 heavy (non-hydrogen) atoms. The highest BCUT2D eigenvalue weighted by Gasteiger charge is 2.34. The van der Waals surface area contributed by atoms with Gasteiger partial charge in [0.05, 0.1) is 7.11 Å². The second kappa shape index (κ2) is 5.13. The third-order valence-electron chi connectivity index (χ3n) is 4.55. The third kappa shape index (κ3) is 2.29. The molecule has 98 valence electrons. The Morgan fingerprint density at radius 3 is 2.50 bits per heavy atom. The number of ether oxygens (including phenoxy) is 1. The van der Waals surface area contributed by atoms with E-state index < -0.39 is 0 Å². The van der Waals surface area contributed by atoms with Gasteiger partial charge in [0, 0.05) is 5.57 Å². The molecular formula is C16H22O2. The quantitative estimate of drug-likeness (QED) is 0.422. The number of carbonyl (C=O) groups is 1. The van der Waals surface area contributed by atoms with E-state index in [0.29, 0.717) is 17.4 Å². The Morgan fingerprint density at radius 2 is 1.83 bits per heavy atom. The molecule has 0 saturated heterocycles. The fourth-order valence-electron chi connectivity index (χ4n) is 3.26. The normalized spacial score (nSPS) is 30.9. The van der Waals surface area contributed by atoms with Gasteiger partial charge in [0.15, 0.2) is 0 Å². The van der Waals surface area contributed by atoms with Crippen molar-refractivity contribution in [3.63, 3.8) is 0 Å². The molecule has 0 aromatic heterocycles. The molecule has 0 aliphatic heterocycles. The number of hydrogen-bond donors (Lipinski definition) is 0. The van der Waals surface area contributed by atoms with Gasteiger partial charge in [-0.2, -0.15) is 0 Å². The van der Waals surface area contributed by atoms with Crippen LogP contribution in [0.1, 0.15) is 33.1 Å². The number of carbonyl (C=O) groups excluding carboxylic acids is 1. The maximum Gasteiger partial charge on any atom is 0.333 e. The van der Waals surface area contributed by atoms with E-state index >= 15 is 0 Å². The van der Waals surface area contributed by atoms with Crippen LogP contribution in [-0.4, -0.2) is 13.1 Å². The minimum atomic E-state index is -0.260. The zero-order valence-electron chi connectivity index (χ0n) is 11.5. The number of methoxy groups -OCH3 is 1. The van der Waals surface area contributed by atoms with Crippen LogP contribution in [0.5, 0.6) is 0 Å². The van der Waals surface area contributed by atoms with Gasteiger partial charge in [-0.1, -0.05) is 29.9 Å². The average Bonchev–Trinajstić information content (AvgIpc) is 2.64. The fourth-order valence-corrected chi connectivity index (χ4v) is 3.26. The van der Waals surface area contributed by atoms with Crippen molar-refractivity contribution in [2.75, 3.05) is 7.11 Å². The van der Waals surface area contributed by atoms with E-state index in [2.05, 4.69) is 32.6 Å². The standard InChI is InChI=1S/C16H22O2/c1-10-5-7-13(12(3)16(17)18-4)9-15-11(2)6-8-14(10)15/h5-6,13-15H,3,7-9H2,1-2,4H3/t13-,14+,15+/m1/s1. The molecule has 2 nitrogen and oxygen atoms in total. The first-order valence-electron chi connectivity index (χ1n) is 6.65. The van der Waals surface area contributed by atoms with E-state index in [9.17, 15) is 4.79 Å². The average molecular weight is 246 g/mol. The van der Waals surface area contributed by atoms with Gasteiger partial charge in [-0.05, 0) is 50.9 Å². The molecule has 0 radical (unpaired) electrons. The molecule has 0 saturated carbocycles. The molecule has 0 aromatic rings. The second-order valence-electron chi connectivity index (χ2n) is 5.53. The molecule has 3 atom stereocenters. The predicted octanol–water partition coefficient (Wildman–Crippen LogP) is 3.65. The van der Waals surface area contributed by atoms with Crippen LogP contribution in [0.2, 0.25) is 0 Å². The van der Waals surface area contributed by atoms with Gasteiger partial charge >= 0.3 is 5.97 Å². The summed E-state index contributed by atoms with van der Waals surface area (Å²) in [5, 5.41) is 0. The van der Waals surface area contributed by atoms with Gasteiger partial charge < -0.3 is 4.74 Å². The summed E-state index contributed by atoms with van der Waals surface area (Å²) >= 11 is 0. The van der Waals surface area contributed by atoms with Crippen molar-refractivity contribution in [2.45, 2.75) is 33.1 Å². The molecule has 0 amide bonds. The van der Waals surface area contributed by atoms with Gasteiger partial charge in [0.2, 0.25) is 0 Å². The number of allylic oxidation sites excluding steroid dienone is 4. The minimum absolute atomic E-state index is 0.226. The summed E-state index contributed by atoms with van der Waals surface area (Å²) in [6.45, 7) is 8.36. The van der Waals surface area contributed by atoms with Crippen molar-refractivity contribution >= 4 is 5.97 Å². The van der Waals surface area contributed by atoms with Crippen LogP contribution in [0.4, 0.5) is 0 Å². The molecule has 0 fully saturated rings. The third-order valence-corrected chi connectivity index (χ3v) is 4.55. The largest absolute Gasteiger partial charge is 0.466 e. The van der Waals surface area contributed by atoms with Crippen molar-refractivity contribution < 1.29 is 9.53 Å². The highest BCUT2D eigenvalue weighted by molar-refractivity contribution is 5.88. The zero-order valence-corrected chi connectivity index (χ0v) is 11.5. The highest BCUT2D eigenvalue weighted by atomic mass is 16.5. The smallest absolute Gasteiger partial charge is 0.333 e. The molecule has 2 heteroatoms. The molecule has 0 heterocycles. The molecule has 2 aliphatic rings. The summed E-state index contributed by atoms with van der Waals surface area (Å²) in [5.74, 6) is 1.18. The van der Waals surface area contributed by atoms with Crippen LogP contribution < -0.4 is 0 Å². The SMILES string of the molecule is C=C(C(=O)OC)[C@@H]1CC=C(C)[C@@H]2CC=C(C)[C@@H]2C1. The molecular weight excluding hydrogens is 224 g/mol. The van der Waals surface area contributed by atoms with Crippen LogP contribution in [0.3, 0.4) is 0 Å². The molecule has 0 unspecified atom stereocenters. The topological polar surface area (TPSA) is 26.3 Å². The van der Waals surface area contributed by atoms with Gasteiger partial charge in [0.1, 0.15) is 0 Å². The maximum absolute atomic E-state index is 11.6. The lowest BCUT2D eigenvalue weighted by atomic mass is 9.81. The van der Waals surface area contributed by atoms with Gasteiger partial charge in [0.25, 0.3) is 0 Å². The van der Waals surface area contributed by atoms with Crippen molar-refractivity contribution in [1.29, 1.82) is 0 Å². The molecule has 2 rings (SSSR count). The first-order valence-corrected chi connectivity index (χ1v) is 6.65. The van der Waals surface area contributed by atoms with Crippen LogP contribution in [-0.2, 0) is 9.53 Å². The molecule has 0 bridgehead atoms. The van der Waals surface area contributed by atoms with E-state index in [-0.39, 0.29) is 11.9 Å². The molecule has 0 aromatic carbocycles. The lowest BCUT2D eigenvalue weighted by Crippen LogP contribution is -2.18. The summed E-state index contributed by atoms with van der Waals surface area (Å²) in [6, 6.07) is 0. The Bertz CT molecular complexity index is 428. The first-order chi connectivity index (χ1) is 8.54. The Balaban J connectivity index is 2.19. The van der Waals surface area contributed by atoms with E-state index in [0.717, 1.165) is 19.3 Å². The van der Waals surface area contributed by atoms with Crippen molar-refractivity contribution in [3.8, 4) is 0 Å². The summed E-state index contributed by atoms with van der Waals surface area (Å²) in [7, 11) is 1.43.